The van der Waals surface area contributed by atoms with Crippen LogP contribution in [0.25, 0.3) is 0 Å². The number of halogens is 1. The van der Waals surface area contributed by atoms with E-state index in [0.29, 0.717) is 39.0 Å². The predicted molar refractivity (Wildman–Crippen MR) is 111 cm³/mol. The number of rotatable bonds is 7. The van der Waals surface area contributed by atoms with Gasteiger partial charge in [0.15, 0.2) is 0 Å². The molecule has 3 rings (SSSR count). The fourth-order valence-corrected chi connectivity index (χ4v) is 5.80. The van der Waals surface area contributed by atoms with Crippen LogP contribution in [0.1, 0.15) is 55.3 Å². The van der Waals surface area contributed by atoms with Crippen molar-refractivity contribution in [2.75, 3.05) is 32.7 Å². The molecule has 7 nitrogen and oxygen atoms in total. The molecule has 29 heavy (non-hydrogen) atoms. The van der Waals surface area contributed by atoms with E-state index in [1.165, 1.54) is 22.5 Å². The highest BCUT2D eigenvalue weighted by Crippen LogP contribution is 2.27. The molecule has 0 aromatic heterocycles. The molecule has 0 bridgehead atoms. The monoisotopic (exact) mass is 441 g/mol. The summed E-state index contributed by atoms with van der Waals surface area (Å²) in [5.74, 6) is -0.181. The first-order valence-electron chi connectivity index (χ1n) is 10.3. The maximum absolute atomic E-state index is 13.0. The number of sulfonamides is 1. The molecule has 0 unspecified atom stereocenters. The SMILES string of the molecule is O=C(NCCCN1CCCC1=O)c1ccc(Cl)c(S(=O)(=O)N2CCCCCC2)c1. The quantitative estimate of drug-likeness (QED) is 0.659. The highest BCUT2D eigenvalue weighted by Gasteiger charge is 2.28. The standard InChI is InChI=1S/C20H28ClN3O4S/c21-17-9-8-16(20(26)22-10-6-12-23-11-5-7-19(23)25)15-18(17)29(27,28)24-13-3-1-2-4-14-24/h8-9,15H,1-7,10-14H2,(H,22,26). The second kappa shape index (κ2) is 9.91. The van der Waals surface area contributed by atoms with E-state index in [9.17, 15) is 18.0 Å². The van der Waals surface area contributed by atoms with Crippen molar-refractivity contribution < 1.29 is 18.0 Å². The van der Waals surface area contributed by atoms with Gasteiger partial charge >= 0.3 is 0 Å². The first-order chi connectivity index (χ1) is 13.9. The Labute approximate surface area is 177 Å². The van der Waals surface area contributed by atoms with Gasteiger partial charge in [-0.05, 0) is 43.9 Å². The van der Waals surface area contributed by atoms with Crippen molar-refractivity contribution in [3.05, 3.63) is 28.8 Å². The van der Waals surface area contributed by atoms with Crippen LogP contribution in [-0.2, 0) is 14.8 Å². The predicted octanol–water partition coefficient (Wildman–Crippen LogP) is 2.65. The second-order valence-corrected chi connectivity index (χ2v) is 9.87. The van der Waals surface area contributed by atoms with Gasteiger partial charge in [0.05, 0.1) is 5.02 Å². The Balaban J connectivity index is 1.63. The fourth-order valence-electron chi connectivity index (χ4n) is 3.78. The van der Waals surface area contributed by atoms with Crippen molar-refractivity contribution in [3.8, 4) is 0 Å². The van der Waals surface area contributed by atoms with Crippen LogP contribution in [0.5, 0.6) is 0 Å². The van der Waals surface area contributed by atoms with E-state index < -0.39 is 10.0 Å². The highest BCUT2D eigenvalue weighted by molar-refractivity contribution is 7.89. The molecule has 9 heteroatoms. The summed E-state index contributed by atoms with van der Waals surface area (Å²) in [6.45, 7) is 2.77. The number of benzene rings is 1. The van der Waals surface area contributed by atoms with Crippen LogP contribution in [0, 0.1) is 0 Å². The number of likely N-dealkylation sites (tertiary alicyclic amines) is 1. The smallest absolute Gasteiger partial charge is 0.251 e. The van der Waals surface area contributed by atoms with Gasteiger partial charge in [0.2, 0.25) is 15.9 Å². The molecular weight excluding hydrogens is 414 g/mol. The van der Waals surface area contributed by atoms with E-state index in [4.69, 9.17) is 11.6 Å². The summed E-state index contributed by atoms with van der Waals surface area (Å²) in [5, 5.41) is 2.92. The molecule has 0 aliphatic carbocycles. The van der Waals surface area contributed by atoms with Gasteiger partial charge in [-0.1, -0.05) is 24.4 Å². The normalized spacial score (nSPS) is 18.7. The van der Waals surface area contributed by atoms with Crippen molar-refractivity contribution in [2.24, 2.45) is 0 Å². The summed E-state index contributed by atoms with van der Waals surface area (Å²) >= 11 is 6.18. The summed E-state index contributed by atoms with van der Waals surface area (Å²) in [5.41, 5.74) is 0.264. The van der Waals surface area contributed by atoms with Crippen LogP contribution >= 0.6 is 11.6 Å². The first kappa shape index (κ1) is 22.1. The Morgan fingerprint density at radius 1 is 1.07 bits per heavy atom. The third-order valence-corrected chi connectivity index (χ3v) is 7.82. The topological polar surface area (TPSA) is 86.8 Å². The lowest BCUT2D eigenvalue weighted by Gasteiger charge is -2.21. The number of hydrogen-bond donors (Lipinski definition) is 1. The minimum Gasteiger partial charge on any atom is -0.352 e. The third-order valence-electron chi connectivity index (χ3n) is 5.44. The summed E-state index contributed by atoms with van der Waals surface area (Å²) in [6, 6.07) is 4.36. The second-order valence-electron chi connectivity index (χ2n) is 7.56. The molecule has 2 heterocycles. The maximum atomic E-state index is 13.0. The molecule has 2 amide bonds. The molecule has 1 aromatic carbocycles. The zero-order valence-corrected chi connectivity index (χ0v) is 18.1. The summed E-state index contributed by atoms with van der Waals surface area (Å²) in [6.07, 6.45) is 5.85. The minimum absolute atomic E-state index is 0.0172. The van der Waals surface area contributed by atoms with E-state index in [1.54, 1.807) is 4.90 Å². The molecule has 2 aliphatic heterocycles. The number of hydrogen-bond acceptors (Lipinski definition) is 4. The Morgan fingerprint density at radius 3 is 2.45 bits per heavy atom. The number of amides is 2. The van der Waals surface area contributed by atoms with Gasteiger partial charge in [-0.15, -0.1) is 0 Å². The van der Waals surface area contributed by atoms with Crippen LogP contribution in [0.3, 0.4) is 0 Å². The Hall–Kier alpha value is -1.64. The molecule has 0 saturated carbocycles. The van der Waals surface area contributed by atoms with Crippen LogP contribution < -0.4 is 5.32 Å². The summed E-state index contributed by atoms with van der Waals surface area (Å²) in [4.78, 5) is 25.9. The van der Waals surface area contributed by atoms with Gasteiger partial charge in [-0.2, -0.15) is 4.31 Å². The van der Waals surface area contributed by atoms with Crippen LogP contribution in [0.2, 0.25) is 5.02 Å². The lowest BCUT2D eigenvalue weighted by molar-refractivity contribution is -0.127. The van der Waals surface area contributed by atoms with Gasteiger partial charge < -0.3 is 10.2 Å². The van der Waals surface area contributed by atoms with Gasteiger partial charge in [0.25, 0.3) is 5.91 Å². The zero-order chi connectivity index (χ0) is 20.9. The average molecular weight is 442 g/mol. The Kier molecular flexibility index (Phi) is 7.54. The lowest BCUT2D eigenvalue weighted by atomic mass is 10.2. The van der Waals surface area contributed by atoms with Gasteiger partial charge in [-0.3, -0.25) is 9.59 Å². The lowest BCUT2D eigenvalue weighted by Crippen LogP contribution is -2.33. The van der Waals surface area contributed by atoms with Gasteiger partial charge in [0.1, 0.15) is 4.90 Å². The average Bonchev–Trinajstić information content (AvgIpc) is 2.93. The van der Waals surface area contributed by atoms with Crippen LogP contribution in [0.15, 0.2) is 23.1 Å². The number of nitrogens with zero attached hydrogens (tertiary/aromatic N) is 2. The molecule has 0 radical (unpaired) electrons. The maximum Gasteiger partial charge on any atom is 0.251 e. The van der Waals surface area contributed by atoms with Gasteiger partial charge in [-0.25, -0.2) is 8.42 Å². The first-order valence-corrected chi connectivity index (χ1v) is 12.1. The number of nitrogens with one attached hydrogen (secondary N) is 1. The molecule has 1 N–H and O–H groups in total. The summed E-state index contributed by atoms with van der Waals surface area (Å²) < 4.78 is 27.6. The molecule has 0 spiro atoms. The van der Waals surface area contributed by atoms with E-state index in [0.717, 1.165) is 38.6 Å². The van der Waals surface area contributed by atoms with E-state index in [1.807, 2.05) is 0 Å². The molecule has 2 saturated heterocycles. The molecular formula is C20H28ClN3O4S. The fraction of sp³-hybridized carbons (Fsp3) is 0.600. The molecule has 0 atom stereocenters. The van der Waals surface area contributed by atoms with Crippen molar-refractivity contribution in [1.82, 2.24) is 14.5 Å². The van der Waals surface area contributed by atoms with Crippen molar-refractivity contribution in [3.63, 3.8) is 0 Å². The van der Waals surface area contributed by atoms with Crippen molar-refractivity contribution in [1.29, 1.82) is 0 Å². The van der Waals surface area contributed by atoms with E-state index in [2.05, 4.69) is 5.32 Å². The van der Waals surface area contributed by atoms with Crippen molar-refractivity contribution >= 4 is 33.4 Å². The number of carbonyl (C=O) groups excluding carboxylic acids is 2. The molecule has 2 fully saturated rings. The number of carbonyl (C=O) groups is 2. The molecule has 2 aliphatic rings. The minimum atomic E-state index is -3.74. The van der Waals surface area contributed by atoms with Crippen LogP contribution in [-0.4, -0.2) is 62.2 Å². The van der Waals surface area contributed by atoms with Crippen molar-refractivity contribution in [2.45, 2.75) is 49.8 Å². The molecule has 1 aromatic rings. The highest BCUT2D eigenvalue weighted by atomic mass is 35.5. The molecule has 160 valence electrons. The van der Waals surface area contributed by atoms with E-state index >= 15 is 0 Å². The third kappa shape index (κ3) is 5.49. The van der Waals surface area contributed by atoms with Crippen LogP contribution in [0.4, 0.5) is 0 Å². The summed E-state index contributed by atoms with van der Waals surface area (Å²) in [7, 11) is -3.74. The zero-order valence-electron chi connectivity index (χ0n) is 16.5. The largest absolute Gasteiger partial charge is 0.352 e. The Bertz CT molecular complexity index is 851. The Morgan fingerprint density at radius 2 is 1.79 bits per heavy atom. The van der Waals surface area contributed by atoms with Gasteiger partial charge in [0, 0.05) is 44.7 Å². The van der Waals surface area contributed by atoms with E-state index in [-0.39, 0.29) is 27.3 Å².